The number of hydrogen-bond acceptors (Lipinski definition) is 4. The molecule has 1 aliphatic heterocycles. The molecule has 8 heteroatoms. The van der Waals surface area contributed by atoms with E-state index in [1.165, 1.54) is 61.6 Å². The average molecular weight is 645 g/mol. The number of hydrogen-bond donors (Lipinski definition) is 1. The minimum Gasteiger partial charge on any atom is -0.451 e. The van der Waals surface area contributed by atoms with E-state index in [0.29, 0.717) is 11.8 Å². The van der Waals surface area contributed by atoms with Crippen LogP contribution in [-0.4, -0.2) is 30.3 Å². The summed E-state index contributed by atoms with van der Waals surface area (Å²) < 4.78 is 18.0. The molecular formula is C38H42ClFN2O4. The van der Waals surface area contributed by atoms with Crippen LogP contribution in [0.5, 0.6) is 0 Å². The lowest BCUT2D eigenvalue weighted by Crippen LogP contribution is -2.25. The van der Waals surface area contributed by atoms with Gasteiger partial charge < -0.3 is 14.6 Å². The molecule has 242 valence electrons. The number of rotatable bonds is 5. The van der Waals surface area contributed by atoms with Crippen molar-refractivity contribution in [2.24, 2.45) is 0 Å². The second-order valence-electron chi connectivity index (χ2n) is 11.5. The Morgan fingerprint density at radius 3 is 2.37 bits per heavy atom. The van der Waals surface area contributed by atoms with Gasteiger partial charge in [0, 0.05) is 43.7 Å². The Morgan fingerprint density at radius 2 is 1.74 bits per heavy atom. The van der Waals surface area contributed by atoms with Crippen molar-refractivity contribution in [3.8, 4) is 0 Å². The zero-order valence-corrected chi connectivity index (χ0v) is 27.5. The van der Waals surface area contributed by atoms with Gasteiger partial charge in [0.2, 0.25) is 5.91 Å². The first kappa shape index (κ1) is 34.6. The highest BCUT2D eigenvalue weighted by Crippen LogP contribution is 2.37. The molecule has 2 heterocycles. The van der Waals surface area contributed by atoms with Gasteiger partial charge in [0.25, 0.3) is 5.91 Å². The second kappa shape index (κ2) is 16.9. The van der Waals surface area contributed by atoms with Gasteiger partial charge in [-0.2, -0.15) is 0 Å². The highest BCUT2D eigenvalue weighted by molar-refractivity contribution is 6.30. The molecule has 2 aliphatic rings. The first-order valence-corrected chi connectivity index (χ1v) is 16.3. The van der Waals surface area contributed by atoms with E-state index in [1.54, 1.807) is 5.57 Å². The summed E-state index contributed by atoms with van der Waals surface area (Å²) in [7, 11) is 1.41. The molecule has 0 spiro atoms. The van der Waals surface area contributed by atoms with Crippen LogP contribution in [-0.2, 0) is 17.8 Å². The molecule has 1 saturated carbocycles. The van der Waals surface area contributed by atoms with Crippen LogP contribution >= 0.6 is 11.6 Å². The predicted octanol–water partition coefficient (Wildman–Crippen LogP) is 8.61. The fourth-order valence-corrected chi connectivity index (χ4v) is 5.95. The number of halogens is 2. The van der Waals surface area contributed by atoms with E-state index in [1.807, 2.05) is 29.2 Å². The standard InChI is InChI=1S/C19H25NO.C11H8FNO3.C8H9Cl/c1-2-15-9-11-16(12-10-15)18-7-4-3-6-17(18)14-20-13-5-8-19(20)21;1-13-11(15)10-5-8(14)7-3-2-6(12)4-9(7)16-10;1-2-7-3-5-8(9)6-4-7/h2-4,6-7,16H,5,8-14H2,1H3;2-5H,1H3,(H,13,15);3-6H,2H2,1H3. The monoisotopic (exact) mass is 644 g/mol. The number of fused-ring (bicyclic) bond motifs is 1. The number of nitrogens with zero attached hydrogens (tertiary/aromatic N) is 1. The number of aryl methyl sites for hydroxylation is 1. The maximum atomic E-state index is 12.9. The van der Waals surface area contributed by atoms with Crippen molar-refractivity contribution in [2.75, 3.05) is 13.6 Å². The number of carbonyl (C=O) groups is 2. The maximum absolute atomic E-state index is 12.9. The van der Waals surface area contributed by atoms with Crippen LogP contribution in [0.15, 0.2) is 93.7 Å². The van der Waals surface area contributed by atoms with Crippen molar-refractivity contribution < 1.29 is 18.4 Å². The second-order valence-corrected chi connectivity index (χ2v) is 11.9. The molecule has 0 bridgehead atoms. The van der Waals surface area contributed by atoms with Crippen LogP contribution in [0.3, 0.4) is 0 Å². The molecule has 1 N–H and O–H groups in total. The Balaban J connectivity index is 0.000000170. The third kappa shape index (κ3) is 9.39. The molecular weight excluding hydrogens is 603 g/mol. The van der Waals surface area contributed by atoms with Crippen LogP contribution in [0.1, 0.15) is 85.5 Å². The molecule has 3 aromatic carbocycles. The van der Waals surface area contributed by atoms with E-state index in [-0.39, 0.29) is 22.2 Å². The van der Waals surface area contributed by atoms with Crippen molar-refractivity contribution >= 4 is 34.4 Å². The zero-order valence-electron chi connectivity index (χ0n) is 26.8. The molecule has 4 aromatic rings. The molecule has 6 nitrogen and oxygen atoms in total. The van der Waals surface area contributed by atoms with Gasteiger partial charge in [-0.1, -0.05) is 66.6 Å². The zero-order chi connectivity index (χ0) is 33.1. The summed E-state index contributed by atoms with van der Waals surface area (Å²) in [6.07, 6.45) is 10.1. The molecule has 1 aromatic heterocycles. The summed E-state index contributed by atoms with van der Waals surface area (Å²) in [5.41, 5.74) is 5.47. The van der Waals surface area contributed by atoms with Crippen LogP contribution in [0.2, 0.25) is 5.02 Å². The van der Waals surface area contributed by atoms with E-state index in [4.69, 9.17) is 16.0 Å². The highest BCUT2D eigenvalue weighted by Gasteiger charge is 2.24. The van der Waals surface area contributed by atoms with Crippen LogP contribution in [0.25, 0.3) is 11.0 Å². The predicted molar refractivity (Wildman–Crippen MR) is 183 cm³/mol. The van der Waals surface area contributed by atoms with E-state index < -0.39 is 11.7 Å². The van der Waals surface area contributed by atoms with Crippen LogP contribution in [0.4, 0.5) is 4.39 Å². The Bertz CT molecular complexity index is 1720. The third-order valence-electron chi connectivity index (χ3n) is 8.53. The first-order chi connectivity index (χ1) is 22.2. The van der Waals surface area contributed by atoms with Gasteiger partial charge in [0.15, 0.2) is 11.2 Å². The lowest BCUT2D eigenvalue weighted by Gasteiger charge is -2.27. The molecule has 6 rings (SSSR count). The van der Waals surface area contributed by atoms with E-state index >= 15 is 0 Å². The fraction of sp³-hybridized carbons (Fsp3) is 0.342. The molecule has 1 aliphatic carbocycles. The molecule has 0 atom stereocenters. The lowest BCUT2D eigenvalue weighted by molar-refractivity contribution is -0.128. The van der Waals surface area contributed by atoms with Crippen LogP contribution < -0.4 is 10.7 Å². The summed E-state index contributed by atoms with van der Waals surface area (Å²) in [5.74, 6) is -0.189. The highest BCUT2D eigenvalue weighted by atomic mass is 35.5. The smallest absolute Gasteiger partial charge is 0.286 e. The topological polar surface area (TPSA) is 79.6 Å². The van der Waals surface area contributed by atoms with Gasteiger partial charge >= 0.3 is 0 Å². The number of allylic oxidation sites excluding steroid dienone is 2. The van der Waals surface area contributed by atoms with E-state index in [0.717, 1.165) is 49.5 Å². The minimum absolute atomic E-state index is 0.0612. The van der Waals surface area contributed by atoms with Gasteiger partial charge in [0.05, 0.1) is 5.39 Å². The molecule has 0 radical (unpaired) electrons. The Labute approximate surface area is 275 Å². The number of benzene rings is 3. The maximum Gasteiger partial charge on any atom is 0.286 e. The lowest BCUT2D eigenvalue weighted by atomic mass is 9.80. The summed E-state index contributed by atoms with van der Waals surface area (Å²) >= 11 is 5.67. The Hall–Kier alpha value is -4.23. The summed E-state index contributed by atoms with van der Waals surface area (Å²) in [4.78, 5) is 36.7. The van der Waals surface area contributed by atoms with Gasteiger partial charge in [0.1, 0.15) is 11.4 Å². The summed E-state index contributed by atoms with van der Waals surface area (Å²) in [6, 6.07) is 21.3. The van der Waals surface area contributed by atoms with Crippen molar-refractivity contribution in [3.63, 3.8) is 0 Å². The number of nitrogens with one attached hydrogen (secondary N) is 1. The molecule has 1 saturated heterocycles. The quantitative estimate of drug-likeness (QED) is 0.221. The number of likely N-dealkylation sites (tertiary alicyclic amines) is 1. The first-order valence-electron chi connectivity index (χ1n) is 15.9. The van der Waals surface area contributed by atoms with Crippen LogP contribution in [0, 0.1) is 5.82 Å². The number of amides is 2. The molecule has 0 unspecified atom stereocenters. The molecule has 46 heavy (non-hydrogen) atoms. The SMILES string of the molecule is CC=C1CCC(c2ccccc2CN2CCCC2=O)CC1.CCc1ccc(Cl)cc1.CNC(=O)c1cc(=O)c2ccc(F)cc2o1. The van der Waals surface area contributed by atoms with Crippen molar-refractivity contribution in [1.82, 2.24) is 10.2 Å². The van der Waals surface area contributed by atoms with Gasteiger partial charge in [-0.05, 0) is 92.3 Å². The third-order valence-corrected chi connectivity index (χ3v) is 8.78. The van der Waals surface area contributed by atoms with Gasteiger partial charge in [-0.25, -0.2) is 4.39 Å². The number of carbonyl (C=O) groups excluding carboxylic acids is 2. The average Bonchev–Trinajstić information content (AvgIpc) is 3.49. The van der Waals surface area contributed by atoms with Gasteiger partial charge in [-0.3, -0.25) is 14.4 Å². The summed E-state index contributed by atoms with van der Waals surface area (Å²) in [6.45, 7) is 6.02. The fourth-order valence-electron chi connectivity index (χ4n) is 5.83. The van der Waals surface area contributed by atoms with Crippen molar-refractivity contribution in [3.05, 3.63) is 128 Å². The van der Waals surface area contributed by atoms with Crippen molar-refractivity contribution in [2.45, 2.75) is 71.3 Å². The largest absolute Gasteiger partial charge is 0.451 e. The minimum atomic E-state index is -0.525. The van der Waals surface area contributed by atoms with E-state index in [9.17, 15) is 18.8 Å². The normalized spacial score (nSPS) is 15.8. The molecule has 2 amide bonds. The van der Waals surface area contributed by atoms with Gasteiger partial charge in [-0.15, -0.1) is 0 Å². The van der Waals surface area contributed by atoms with E-state index in [2.05, 4.69) is 49.5 Å². The Morgan fingerprint density at radius 1 is 1.02 bits per heavy atom. The van der Waals surface area contributed by atoms with Crippen molar-refractivity contribution in [1.29, 1.82) is 0 Å². The molecule has 2 fully saturated rings. The summed E-state index contributed by atoms with van der Waals surface area (Å²) in [5, 5.41) is 3.38. The Kier molecular flexibility index (Phi) is 12.7.